The number of hydrogen-bond donors (Lipinski definition) is 2. The van der Waals surface area contributed by atoms with Crippen LogP contribution in [-0.2, 0) is 18.4 Å². The molecule has 0 aliphatic carbocycles. The number of nitrogens with zero attached hydrogens (tertiary/aromatic N) is 1. The van der Waals surface area contributed by atoms with E-state index >= 15 is 0 Å². The molecule has 0 aromatic carbocycles. The summed E-state index contributed by atoms with van der Waals surface area (Å²) >= 11 is 0. The molecule has 9 heteroatoms. The van der Waals surface area contributed by atoms with Crippen LogP contribution in [0.5, 0.6) is 0 Å². The number of hydrogen-bond acceptors (Lipinski definition) is 6. The van der Waals surface area contributed by atoms with Crippen molar-refractivity contribution in [3.63, 3.8) is 0 Å². The molecule has 0 aliphatic heterocycles. The molecule has 2 N–H and O–H groups in total. The zero-order chi connectivity index (χ0) is 54.2. The van der Waals surface area contributed by atoms with Gasteiger partial charge < -0.3 is 28.8 Å². The van der Waals surface area contributed by atoms with Gasteiger partial charge in [-0.1, -0.05) is 266 Å². The lowest BCUT2D eigenvalue weighted by Crippen LogP contribution is -2.45. The summed E-state index contributed by atoms with van der Waals surface area (Å²) in [7, 11) is 1.24. The van der Waals surface area contributed by atoms with Gasteiger partial charge >= 0.3 is 0 Å². The van der Waals surface area contributed by atoms with E-state index in [1.54, 1.807) is 6.08 Å². The monoisotopic (exact) mass is 1050 g/mol. The molecule has 0 bridgehead atoms. The number of aliphatic hydroxyl groups is 1. The summed E-state index contributed by atoms with van der Waals surface area (Å²) in [5.74, 6) is -0.210. The van der Waals surface area contributed by atoms with Gasteiger partial charge in [0.15, 0.2) is 0 Å². The number of phosphoric ester groups is 1. The Morgan fingerprint density at radius 3 is 1.26 bits per heavy atom. The fourth-order valence-electron chi connectivity index (χ4n) is 8.77. The highest BCUT2D eigenvalue weighted by molar-refractivity contribution is 7.45. The van der Waals surface area contributed by atoms with Gasteiger partial charge in [0.25, 0.3) is 7.82 Å². The van der Waals surface area contributed by atoms with Crippen LogP contribution >= 0.6 is 7.82 Å². The van der Waals surface area contributed by atoms with Crippen LogP contribution in [0.15, 0.2) is 85.1 Å². The van der Waals surface area contributed by atoms with Crippen LogP contribution in [-0.4, -0.2) is 68.5 Å². The van der Waals surface area contributed by atoms with Crippen molar-refractivity contribution in [3.05, 3.63) is 85.1 Å². The smallest absolute Gasteiger partial charge is 0.268 e. The van der Waals surface area contributed by atoms with Crippen LogP contribution in [0.3, 0.4) is 0 Å². The van der Waals surface area contributed by atoms with Gasteiger partial charge in [-0.25, -0.2) is 0 Å². The minimum atomic E-state index is -4.61. The predicted octanol–water partition coefficient (Wildman–Crippen LogP) is 18.6. The van der Waals surface area contributed by atoms with Crippen LogP contribution in [0.1, 0.15) is 271 Å². The highest BCUT2D eigenvalue weighted by atomic mass is 31.2. The van der Waals surface area contributed by atoms with E-state index in [0.29, 0.717) is 17.4 Å². The average molecular weight is 1060 g/mol. The maximum Gasteiger partial charge on any atom is 0.268 e. The molecule has 0 aromatic rings. The molecule has 0 saturated heterocycles. The highest BCUT2D eigenvalue weighted by Crippen LogP contribution is 2.38. The Bertz CT molecular complexity index is 1480. The molecule has 0 spiro atoms. The second-order valence-corrected chi connectivity index (χ2v) is 23.4. The van der Waals surface area contributed by atoms with Crippen molar-refractivity contribution in [2.24, 2.45) is 0 Å². The molecule has 430 valence electrons. The number of carbonyl (C=O) groups is 1. The van der Waals surface area contributed by atoms with E-state index in [9.17, 15) is 19.4 Å². The zero-order valence-corrected chi connectivity index (χ0v) is 49.9. The van der Waals surface area contributed by atoms with Gasteiger partial charge in [0.1, 0.15) is 13.2 Å². The third-order valence-electron chi connectivity index (χ3n) is 13.6. The summed E-state index contributed by atoms with van der Waals surface area (Å²) in [5, 5.41) is 13.8. The van der Waals surface area contributed by atoms with E-state index in [-0.39, 0.29) is 12.5 Å². The first kappa shape index (κ1) is 71.7. The minimum absolute atomic E-state index is 0.00994. The van der Waals surface area contributed by atoms with E-state index in [0.717, 1.165) is 77.0 Å². The number of amides is 1. The average Bonchev–Trinajstić information content (AvgIpc) is 3.36. The molecule has 3 atom stereocenters. The lowest BCUT2D eigenvalue weighted by atomic mass is 10.0. The van der Waals surface area contributed by atoms with Crippen molar-refractivity contribution in [1.82, 2.24) is 5.32 Å². The maximum absolute atomic E-state index is 12.9. The molecule has 0 radical (unpaired) electrons. The Balaban J connectivity index is 3.91. The number of carbonyl (C=O) groups excluding carboxylic acids is 1. The van der Waals surface area contributed by atoms with Crippen molar-refractivity contribution < 1.29 is 32.9 Å². The number of unbranched alkanes of at least 4 members (excludes halogenated alkanes) is 31. The summed E-state index contributed by atoms with van der Waals surface area (Å²) in [4.78, 5) is 25.4. The van der Waals surface area contributed by atoms with Gasteiger partial charge in [-0.2, -0.15) is 0 Å². The maximum atomic E-state index is 12.9. The third-order valence-corrected chi connectivity index (χ3v) is 14.5. The van der Waals surface area contributed by atoms with Gasteiger partial charge in [0.2, 0.25) is 5.91 Å². The summed E-state index contributed by atoms with van der Waals surface area (Å²) in [5.41, 5.74) is 0. The van der Waals surface area contributed by atoms with Gasteiger partial charge in [0.05, 0.1) is 39.9 Å². The number of likely N-dealkylation sites (N-methyl/N-ethyl adjacent to an activating group) is 1. The highest BCUT2D eigenvalue weighted by Gasteiger charge is 2.23. The van der Waals surface area contributed by atoms with E-state index in [4.69, 9.17) is 9.05 Å². The number of aliphatic hydroxyl groups excluding tert-OH is 1. The molecule has 0 aliphatic rings. The van der Waals surface area contributed by atoms with Crippen LogP contribution in [0, 0.1) is 0 Å². The number of quaternary nitrogens is 1. The third kappa shape index (κ3) is 57.4. The van der Waals surface area contributed by atoms with Crippen LogP contribution in [0.4, 0.5) is 0 Å². The molecule has 0 heterocycles. The second-order valence-electron chi connectivity index (χ2n) is 22.0. The SMILES string of the molecule is CC/C=C\C/C=C\C/C=C\C/C=C\CCCCCCCCCCCCCCCCCCCCCCCCCCCCC(=O)NC(COP(=O)([O-])OCC[N+](C)(C)C)C(O)/C=C/CC/C=C/CC/C=C/CCCCC. The molecule has 1 amide bonds. The Morgan fingerprint density at radius 2 is 0.838 bits per heavy atom. The van der Waals surface area contributed by atoms with Gasteiger partial charge in [-0.05, 0) is 83.5 Å². The number of nitrogens with one attached hydrogen (secondary N) is 1. The summed E-state index contributed by atoms with van der Waals surface area (Å²) in [6, 6.07) is -0.910. The Hall–Kier alpha value is -2.32. The van der Waals surface area contributed by atoms with E-state index in [1.165, 1.54) is 173 Å². The van der Waals surface area contributed by atoms with Gasteiger partial charge in [-0.3, -0.25) is 9.36 Å². The molecule has 74 heavy (non-hydrogen) atoms. The van der Waals surface area contributed by atoms with Crippen LogP contribution in [0.25, 0.3) is 0 Å². The lowest BCUT2D eigenvalue weighted by Gasteiger charge is -2.29. The molecule has 0 saturated carbocycles. The van der Waals surface area contributed by atoms with E-state index in [1.807, 2.05) is 27.2 Å². The predicted molar refractivity (Wildman–Crippen MR) is 320 cm³/mol. The normalized spacial score (nSPS) is 14.4. The Kier molecular flexibility index (Phi) is 53.7. The van der Waals surface area contributed by atoms with Crippen molar-refractivity contribution in [2.75, 3.05) is 40.9 Å². The lowest BCUT2D eigenvalue weighted by molar-refractivity contribution is -0.870. The molecule has 3 unspecified atom stereocenters. The molecule has 8 nitrogen and oxygen atoms in total. The first-order valence-electron chi connectivity index (χ1n) is 30.9. The number of phosphoric acid groups is 1. The van der Waals surface area contributed by atoms with Crippen LogP contribution < -0.4 is 10.2 Å². The Morgan fingerprint density at radius 1 is 0.486 bits per heavy atom. The van der Waals surface area contributed by atoms with Crippen LogP contribution in [0.2, 0.25) is 0 Å². The van der Waals surface area contributed by atoms with Gasteiger partial charge in [-0.15, -0.1) is 0 Å². The molecule has 0 rings (SSSR count). The van der Waals surface area contributed by atoms with Crippen molar-refractivity contribution in [3.8, 4) is 0 Å². The van der Waals surface area contributed by atoms with Crippen molar-refractivity contribution in [1.29, 1.82) is 0 Å². The number of allylic oxidation sites excluding steroid dienone is 13. The van der Waals surface area contributed by atoms with Gasteiger partial charge in [0, 0.05) is 6.42 Å². The minimum Gasteiger partial charge on any atom is -0.756 e. The topological polar surface area (TPSA) is 108 Å². The summed E-state index contributed by atoms with van der Waals surface area (Å²) in [6.07, 6.45) is 78.5. The van der Waals surface area contributed by atoms with E-state index in [2.05, 4.69) is 92.1 Å². The summed E-state index contributed by atoms with van der Waals surface area (Å²) in [6.45, 7) is 4.48. The molecule has 0 aromatic heterocycles. The first-order valence-corrected chi connectivity index (χ1v) is 32.4. The summed E-state index contributed by atoms with van der Waals surface area (Å²) < 4.78 is 23.3. The fourth-order valence-corrected chi connectivity index (χ4v) is 9.49. The van der Waals surface area contributed by atoms with Crippen molar-refractivity contribution in [2.45, 2.75) is 283 Å². The van der Waals surface area contributed by atoms with E-state index < -0.39 is 26.6 Å². The fraction of sp³-hybridized carbons (Fsp3) is 0.769. The first-order chi connectivity index (χ1) is 36.0. The standard InChI is InChI=1S/C65H119N2O6P/c1-6-8-10-12-14-16-18-20-21-22-23-24-25-26-27-28-29-30-31-32-33-34-35-36-37-38-39-40-41-42-43-44-45-47-49-51-53-55-57-59-65(69)66-63(62-73-74(70,71)72-61-60-67(3,4)5)64(68)58-56-54-52-50-48-46-19-17-15-13-11-9-7-2/h8,10,14-17,20-21,23-24,48,50,56,58,63-64,68H,6-7,9,11-13,18-19,22,25-47,49,51-55,57,59-62H2,1-5H3,(H-,66,69,70,71)/b10-8-,16-14-,17-15+,21-20-,24-23-,50-48+,58-56+. The molecule has 0 fully saturated rings. The molecular weight excluding hydrogens is 936 g/mol. The number of rotatable bonds is 56. The zero-order valence-electron chi connectivity index (χ0n) is 49.0. The quantitative estimate of drug-likeness (QED) is 0.0272. The van der Waals surface area contributed by atoms with Crippen molar-refractivity contribution >= 4 is 13.7 Å². The molecular formula is C65H119N2O6P. The Labute approximate surface area is 458 Å². The second kappa shape index (κ2) is 55.4. The largest absolute Gasteiger partial charge is 0.756 e.